The molecule has 8 heteroatoms. The molecule has 0 N–H and O–H groups in total. The number of benzene rings is 3. The van der Waals surface area contributed by atoms with Crippen LogP contribution in [0, 0.1) is 0 Å². The summed E-state index contributed by atoms with van der Waals surface area (Å²) in [6.07, 6.45) is 1.68. The first-order valence-electron chi connectivity index (χ1n) is 9.04. The van der Waals surface area contributed by atoms with Gasteiger partial charge in [0, 0.05) is 8.95 Å². The van der Waals surface area contributed by atoms with Gasteiger partial charge in [-0.05, 0) is 101 Å². The Labute approximate surface area is 212 Å². The highest BCUT2D eigenvalue weighted by atomic mass is 79.9. The molecule has 0 aliphatic carbocycles. The van der Waals surface area contributed by atoms with Gasteiger partial charge in [-0.3, -0.25) is 0 Å². The average molecular weight is 671 g/mol. The summed E-state index contributed by atoms with van der Waals surface area (Å²) in [6.45, 7) is 0.420. The number of cyclic esters (lactones) is 1. The highest BCUT2D eigenvalue weighted by Gasteiger charge is 2.25. The minimum Gasteiger partial charge on any atom is -0.487 e. The SMILES string of the molecule is O=C1OC(c2ccccc2Br)=N/C1=C\c1cc(Br)c(OCc2cccc(Br)c2)c(Br)c1. The predicted octanol–water partition coefficient (Wildman–Crippen LogP) is 7.66. The Balaban J connectivity index is 1.57. The molecule has 4 rings (SSSR count). The molecule has 1 aliphatic heterocycles. The number of ether oxygens (including phenoxy) is 2. The molecule has 4 nitrogen and oxygen atoms in total. The molecule has 0 fully saturated rings. The van der Waals surface area contributed by atoms with Gasteiger partial charge in [0.15, 0.2) is 5.70 Å². The van der Waals surface area contributed by atoms with Crippen LogP contribution < -0.4 is 4.74 Å². The maximum Gasteiger partial charge on any atom is 0.363 e. The van der Waals surface area contributed by atoms with E-state index in [2.05, 4.69) is 68.7 Å². The summed E-state index contributed by atoms with van der Waals surface area (Å²) in [5.41, 5.74) is 2.77. The van der Waals surface area contributed by atoms with E-state index >= 15 is 0 Å². The van der Waals surface area contributed by atoms with E-state index in [-0.39, 0.29) is 11.6 Å². The number of rotatable bonds is 5. The average Bonchev–Trinajstić information content (AvgIpc) is 3.08. The number of carbonyl (C=O) groups excluding carboxylic acids is 1. The third kappa shape index (κ3) is 5.37. The Bertz CT molecular complexity index is 1210. The molecular weight excluding hydrogens is 658 g/mol. The van der Waals surface area contributed by atoms with Gasteiger partial charge in [0.25, 0.3) is 0 Å². The summed E-state index contributed by atoms with van der Waals surface area (Å²) >= 11 is 14.0. The fourth-order valence-corrected chi connectivity index (χ4v) is 5.25. The fourth-order valence-electron chi connectivity index (χ4n) is 2.90. The van der Waals surface area contributed by atoms with Crippen molar-refractivity contribution >= 4 is 81.7 Å². The first-order chi connectivity index (χ1) is 14.9. The number of esters is 1. The van der Waals surface area contributed by atoms with Crippen molar-refractivity contribution in [1.29, 1.82) is 0 Å². The second-order valence-electron chi connectivity index (χ2n) is 6.55. The van der Waals surface area contributed by atoms with Crippen molar-refractivity contribution in [2.75, 3.05) is 0 Å². The van der Waals surface area contributed by atoms with Crippen LogP contribution in [0.5, 0.6) is 5.75 Å². The molecule has 3 aromatic carbocycles. The lowest BCUT2D eigenvalue weighted by Crippen LogP contribution is -2.05. The third-order valence-electron chi connectivity index (χ3n) is 4.32. The van der Waals surface area contributed by atoms with Crippen LogP contribution in [0.1, 0.15) is 16.7 Å². The van der Waals surface area contributed by atoms with Crippen molar-refractivity contribution in [3.63, 3.8) is 0 Å². The minimum absolute atomic E-state index is 0.229. The zero-order valence-electron chi connectivity index (χ0n) is 15.7. The summed E-state index contributed by atoms with van der Waals surface area (Å²) in [5.74, 6) is 0.456. The Morgan fingerprint density at radius 1 is 0.903 bits per heavy atom. The van der Waals surface area contributed by atoms with E-state index in [4.69, 9.17) is 9.47 Å². The number of hydrogen-bond donors (Lipinski definition) is 0. The summed E-state index contributed by atoms with van der Waals surface area (Å²) in [5, 5.41) is 0. The Hall–Kier alpha value is -1.74. The molecule has 31 heavy (non-hydrogen) atoms. The lowest BCUT2D eigenvalue weighted by Gasteiger charge is -2.12. The summed E-state index contributed by atoms with van der Waals surface area (Å²) in [6, 6.07) is 19.1. The predicted molar refractivity (Wildman–Crippen MR) is 135 cm³/mol. The molecule has 0 bridgehead atoms. The Morgan fingerprint density at radius 3 is 2.35 bits per heavy atom. The van der Waals surface area contributed by atoms with Crippen molar-refractivity contribution in [1.82, 2.24) is 0 Å². The van der Waals surface area contributed by atoms with Crippen LogP contribution in [0.3, 0.4) is 0 Å². The lowest BCUT2D eigenvalue weighted by molar-refractivity contribution is -0.129. The molecule has 0 atom stereocenters. The monoisotopic (exact) mass is 667 g/mol. The van der Waals surface area contributed by atoms with Crippen LogP contribution in [-0.4, -0.2) is 11.9 Å². The van der Waals surface area contributed by atoms with Crippen molar-refractivity contribution in [3.8, 4) is 5.75 Å². The van der Waals surface area contributed by atoms with Crippen molar-refractivity contribution in [3.05, 3.63) is 101 Å². The number of nitrogens with zero attached hydrogens (tertiary/aromatic N) is 1. The van der Waals surface area contributed by atoms with Crippen LogP contribution in [-0.2, 0) is 16.1 Å². The molecule has 0 saturated carbocycles. The molecule has 1 heterocycles. The molecule has 0 radical (unpaired) electrons. The van der Waals surface area contributed by atoms with Crippen molar-refractivity contribution < 1.29 is 14.3 Å². The molecule has 0 aromatic heterocycles. The first-order valence-corrected chi connectivity index (χ1v) is 12.2. The van der Waals surface area contributed by atoms with Crippen molar-refractivity contribution in [2.24, 2.45) is 4.99 Å². The van der Waals surface area contributed by atoms with Crippen LogP contribution >= 0.6 is 63.7 Å². The second kappa shape index (κ2) is 9.81. The molecule has 0 saturated heterocycles. The summed E-state index contributed by atoms with van der Waals surface area (Å²) < 4.78 is 14.7. The van der Waals surface area contributed by atoms with Crippen molar-refractivity contribution in [2.45, 2.75) is 6.61 Å². The van der Waals surface area contributed by atoms with Gasteiger partial charge < -0.3 is 9.47 Å². The van der Waals surface area contributed by atoms with Crippen LogP contribution in [0.2, 0.25) is 0 Å². The fraction of sp³-hybridized carbons (Fsp3) is 0.0435. The van der Waals surface area contributed by atoms with E-state index in [9.17, 15) is 4.79 Å². The minimum atomic E-state index is -0.493. The zero-order valence-corrected chi connectivity index (χ0v) is 22.1. The van der Waals surface area contributed by atoms with E-state index < -0.39 is 5.97 Å². The smallest absolute Gasteiger partial charge is 0.363 e. The van der Waals surface area contributed by atoms with Crippen LogP contribution in [0.25, 0.3) is 6.08 Å². The van der Waals surface area contributed by atoms with E-state index in [1.807, 2.05) is 60.7 Å². The van der Waals surface area contributed by atoms with Gasteiger partial charge in [0.1, 0.15) is 12.4 Å². The van der Waals surface area contributed by atoms with E-state index in [0.29, 0.717) is 12.4 Å². The summed E-state index contributed by atoms with van der Waals surface area (Å²) in [4.78, 5) is 16.7. The van der Waals surface area contributed by atoms with Gasteiger partial charge in [-0.2, -0.15) is 0 Å². The molecule has 3 aromatic rings. The number of hydrogen-bond acceptors (Lipinski definition) is 4. The van der Waals surface area contributed by atoms with Gasteiger partial charge in [0.05, 0.1) is 14.5 Å². The highest BCUT2D eigenvalue weighted by molar-refractivity contribution is 9.11. The second-order valence-corrected chi connectivity index (χ2v) is 10.0. The van der Waals surface area contributed by atoms with Crippen LogP contribution in [0.4, 0.5) is 0 Å². The third-order valence-corrected chi connectivity index (χ3v) is 6.68. The molecule has 0 spiro atoms. The largest absolute Gasteiger partial charge is 0.487 e. The Kier molecular flexibility index (Phi) is 7.11. The Morgan fingerprint density at radius 2 is 1.65 bits per heavy atom. The molecule has 1 aliphatic rings. The van der Waals surface area contributed by atoms with E-state index in [1.165, 1.54) is 0 Å². The van der Waals surface area contributed by atoms with E-state index in [1.54, 1.807) is 6.08 Å². The quantitative estimate of drug-likeness (QED) is 0.207. The maximum atomic E-state index is 12.3. The number of carbonyl (C=O) groups is 1. The standard InChI is InChI=1S/C23H13Br4NO3/c24-15-5-3-4-13(8-15)12-30-21-18(26)9-14(10-19(21)27)11-20-23(29)31-22(28-20)16-6-1-2-7-17(16)25/h1-11H,12H2/b20-11-. The zero-order chi connectivity index (χ0) is 22.0. The highest BCUT2D eigenvalue weighted by Crippen LogP contribution is 2.36. The van der Waals surface area contributed by atoms with Gasteiger partial charge in [0.2, 0.25) is 5.90 Å². The molecular formula is C23H13Br4NO3. The number of aliphatic imine (C=N–C) groups is 1. The maximum absolute atomic E-state index is 12.3. The van der Waals surface area contributed by atoms with Gasteiger partial charge in [-0.15, -0.1) is 0 Å². The topological polar surface area (TPSA) is 47.9 Å². The summed E-state index contributed by atoms with van der Waals surface area (Å²) in [7, 11) is 0. The van der Waals surface area contributed by atoms with Gasteiger partial charge >= 0.3 is 5.97 Å². The molecule has 0 unspecified atom stereocenters. The normalized spacial score (nSPS) is 14.5. The lowest BCUT2D eigenvalue weighted by atomic mass is 10.2. The first kappa shape index (κ1) is 22.5. The van der Waals surface area contributed by atoms with Crippen LogP contribution in [0.15, 0.2) is 89.2 Å². The molecule has 156 valence electrons. The number of halogens is 4. The van der Waals surface area contributed by atoms with E-state index in [0.717, 1.165) is 34.6 Å². The molecule has 0 amide bonds. The van der Waals surface area contributed by atoms with Gasteiger partial charge in [-0.25, -0.2) is 9.79 Å². The van der Waals surface area contributed by atoms with Gasteiger partial charge in [-0.1, -0.05) is 40.2 Å².